The molecule has 2 atom stereocenters. The highest BCUT2D eigenvalue weighted by molar-refractivity contribution is 4.69. The molecule has 2 unspecified atom stereocenters. The lowest BCUT2D eigenvalue weighted by Crippen LogP contribution is -2.17. The minimum atomic E-state index is 0.854. The highest BCUT2D eigenvalue weighted by Gasteiger charge is 2.19. The average Bonchev–Trinajstić information content (AvgIpc) is 2.31. The molecular formula is C17H36. The molecule has 0 saturated heterocycles. The van der Waals surface area contributed by atoms with E-state index in [1.165, 1.54) is 57.8 Å². The van der Waals surface area contributed by atoms with Crippen molar-refractivity contribution in [3.05, 3.63) is 0 Å². The van der Waals surface area contributed by atoms with Crippen LogP contribution in [0.25, 0.3) is 0 Å². The molecule has 0 rings (SSSR count). The van der Waals surface area contributed by atoms with Crippen molar-refractivity contribution in [3.8, 4) is 0 Å². The Balaban J connectivity index is 3.92. The fourth-order valence-corrected chi connectivity index (χ4v) is 2.70. The number of hydrogen-bond donors (Lipinski definition) is 0. The molecule has 0 aromatic carbocycles. The molecule has 0 N–H and O–H groups in total. The van der Waals surface area contributed by atoms with Crippen LogP contribution in [0, 0.1) is 17.8 Å². The molecule has 0 heterocycles. The molecular weight excluding hydrogens is 204 g/mol. The molecule has 0 heteroatoms. The van der Waals surface area contributed by atoms with E-state index < -0.39 is 0 Å². The predicted molar refractivity (Wildman–Crippen MR) is 80.4 cm³/mol. The predicted octanol–water partition coefficient (Wildman–Crippen LogP) is 6.45. The van der Waals surface area contributed by atoms with Crippen LogP contribution >= 0.6 is 0 Å². The van der Waals surface area contributed by atoms with Gasteiger partial charge in [-0.2, -0.15) is 0 Å². The van der Waals surface area contributed by atoms with Crippen molar-refractivity contribution < 1.29 is 0 Å². The first kappa shape index (κ1) is 17.0. The van der Waals surface area contributed by atoms with E-state index in [0.29, 0.717) is 0 Å². The van der Waals surface area contributed by atoms with Gasteiger partial charge in [0.25, 0.3) is 0 Å². The van der Waals surface area contributed by atoms with Crippen molar-refractivity contribution in [2.24, 2.45) is 17.8 Å². The van der Waals surface area contributed by atoms with E-state index in [9.17, 15) is 0 Å². The highest BCUT2D eigenvalue weighted by Crippen LogP contribution is 2.30. The molecule has 0 radical (unpaired) electrons. The van der Waals surface area contributed by atoms with Gasteiger partial charge >= 0.3 is 0 Å². The number of unbranched alkanes of at least 4 members (excludes halogenated alkanes) is 5. The van der Waals surface area contributed by atoms with Crippen LogP contribution < -0.4 is 0 Å². The smallest absolute Gasteiger partial charge is 0.0386 e. The first-order valence-corrected chi connectivity index (χ1v) is 8.13. The molecule has 0 fully saturated rings. The lowest BCUT2D eigenvalue weighted by molar-refractivity contribution is 0.236. The maximum Gasteiger partial charge on any atom is -0.0386 e. The second-order valence-corrected chi connectivity index (χ2v) is 6.21. The van der Waals surface area contributed by atoms with Gasteiger partial charge in [0.1, 0.15) is 0 Å². The zero-order valence-corrected chi connectivity index (χ0v) is 13.1. The summed E-state index contributed by atoms with van der Waals surface area (Å²) < 4.78 is 0. The minimum absolute atomic E-state index is 0.854. The Labute approximate surface area is 111 Å². The van der Waals surface area contributed by atoms with E-state index in [0.717, 1.165) is 17.8 Å². The summed E-state index contributed by atoms with van der Waals surface area (Å²) in [6, 6.07) is 0. The molecule has 0 aliphatic rings. The summed E-state index contributed by atoms with van der Waals surface area (Å²) in [6.45, 7) is 11.9. The van der Waals surface area contributed by atoms with E-state index in [-0.39, 0.29) is 0 Å². The molecule has 0 aliphatic heterocycles. The third kappa shape index (κ3) is 8.69. The van der Waals surface area contributed by atoms with Crippen LogP contribution in [0.4, 0.5) is 0 Å². The molecule has 0 nitrogen and oxygen atoms in total. The Morgan fingerprint density at radius 3 is 1.59 bits per heavy atom. The fraction of sp³-hybridized carbons (Fsp3) is 1.00. The van der Waals surface area contributed by atoms with Crippen LogP contribution in [0.3, 0.4) is 0 Å². The van der Waals surface area contributed by atoms with Crippen molar-refractivity contribution in [1.82, 2.24) is 0 Å². The summed E-state index contributed by atoms with van der Waals surface area (Å²) >= 11 is 0. The van der Waals surface area contributed by atoms with Crippen LogP contribution in [0.1, 0.15) is 92.4 Å². The number of rotatable bonds is 11. The molecule has 104 valence electrons. The molecule has 0 amide bonds. The van der Waals surface area contributed by atoms with E-state index in [1.54, 1.807) is 0 Å². The van der Waals surface area contributed by atoms with Crippen LogP contribution in [0.5, 0.6) is 0 Å². The molecule has 0 aliphatic carbocycles. The summed E-state index contributed by atoms with van der Waals surface area (Å²) in [5.41, 5.74) is 0. The Morgan fingerprint density at radius 2 is 1.12 bits per heavy atom. The standard InChI is InChI=1S/C17H36/c1-6-8-10-12-14-17(13-11-9-7-2)16(5)15(3)4/h15-17H,6-14H2,1-5H3. The monoisotopic (exact) mass is 240 g/mol. The molecule has 0 saturated carbocycles. The lowest BCUT2D eigenvalue weighted by atomic mass is 9.79. The van der Waals surface area contributed by atoms with Crippen LogP contribution in [0.2, 0.25) is 0 Å². The molecule has 0 bridgehead atoms. The van der Waals surface area contributed by atoms with Crippen LogP contribution in [-0.4, -0.2) is 0 Å². The van der Waals surface area contributed by atoms with E-state index >= 15 is 0 Å². The van der Waals surface area contributed by atoms with Crippen molar-refractivity contribution >= 4 is 0 Å². The van der Waals surface area contributed by atoms with Gasteiger partial charge in [0.2, 0.25) is 0 Å². The summed E-state index contributed by atoms with van der Waals surface area (Å²) in [5.74, 6) is 2.75. The summed E-state index contributed by atoms with van der Waals surface area (Å²) in [6.07, 6.45) is 12.9. The van der Waals surface area contributed by atoms with Crippen molar-refractivity contribution in [3.63, 3.8) is 0 Å². The van der Waals surface area contributed by atoms with Gasteiger partial charge in [-0.05, 0) is 17.8 Å². The molecule has 0 spiro atoms. The van der Waals surface area contributed by atoms with Crippen molar-refractivity contribution in [1.29, 1.82) is 0 Å². The summed E-state index contributed by atoms with van der Waals surface area (Å²) in [5, 5.41) is 0. The van der Waals surface area contributed by atoms with Gasteiger partial charge in [-0.25, -0.2) is 0 Å². The first-order chi connectivity index (χ1) is 8.13. The quantitative estimate of drug-likeness (QED) is 0.364. The van der Waals surface area contributed by atoms with Crippen molar-refractivity contribution in [2.45, 2.75) is 92.4 Å². The Kier molecular flexibility index (Phi) is 11.1. The largest absolute Gasteiger partial charge is 0.0654 e. The topological polar surface area (TPSA) is 0 Å². The Hall–Kier alpha value is 0. The van der Waals surface area contributed by atoms with Gasteiger partial charge in [-0.15, -0.1) is 0 Å². The molecule has 17 heavy (non-hydrogen) atoms. The van der Waals surface area contributed by atoms with Gasteiger partial charge in [-0.1, -0.05) is 92.4 Å². The van der Waals surface area contributed by atoms with E-state index in [4.69, 9.17) is 0 Å². The summed E-state index contributed by atoms with van der Waals surface area (Å²) in [4.78, 5) is 0. The molecule has 0 aromatic rings. The first-order valence-electron chi connectivity index (χ1n) is 8.13. The zero-order valence-electron chi connectivity index (χ0n) is 13.1. The number of hydrogen-bond acceptors (Lipinski definition) is 0. The van der Waals surface area contributed by atoms with Gasteiger partial charge in [0, 0.05) is 0 Å². The average molecular weight is 240 g/mol. The van der Waals surface area contributed by atoms with Gasteiger partial charge in [0.15, 0.2) is 0 Å². The van der Waals surface area contributed by atoms with Gasteiger partial charge in [0.05, 0.1) is 0 Å². The zero-order chi connectivity index (χ0) is 13.1. The van der Waals surface area contributed by atoms with E-state index in [1.807, 2.05) is 0 Å². The maximum atomic E-state index is 2.47. The van der Waals surface area contributed by atoms with Gasteiger partial charge < -0.3 is 0 Å². The Bertz CT molecular complexity index is 148. The summed E-state index contributed by atoms with van der Waals surface area (Å²) in [7, 11) is 0. The minimum Gasteiger partial charge on any atom is -0.0654 e. The Morgan fingerprint density at radius 1 is 0.647 bits per heavy atom. The normalized spacial score (nSPS) is 15.2. The highest BCUT2D eigenvalue weighted by atomic mass is 14.2. The van der Waals surface area contributed by atoms with Crippen LogP contribution in [0.15, 0.2) is 0 Å². The lowest BCUT2D eigenvalue weighted by Gasteiger charge is -2.27. The third-order valence-corrected chi connectivity index (χ3v) is 4.40. The fourth-order valence-electron chi connectivity index (χ4n) is 2.70. The SMILES string of the molecule is CCCCCCC(CCCCC)C(C)C(C)C. The van der Waals surface area contributed by atoms with Crippen LogP contribution in [-0.2, 0) is 0 Å². The maximum absolute atomic E-state index is 2.47. The van der Waals surface area contributed by atoms with E-state index in [2.05, 4.69) is 34.6 Å². The second-order valence-electron chi connectivity index (χ2n) is 6.21. The van der Waals surface area contributed by atoms with Gasteiger partial charge in [-0.3, -0.25) is 0 Å². The van der Waals surface area contributed by atoms with Crippen molar-refractivity contribution in [2.75, 3.05) is 0 Å². The molecule has 0 aromatic heterocycles. The second kappa shape index (κ2) is 11.1. The third-order valence-electron chi connectivity index (χ3n) is 4.40.